The molecule has 1 fully saturated rings. The van der Waals surface area contributed by atoms with Crippen LogP contribution in [0.25, 0.3) is 0 Å². The molecular formula is C13H25NO3. The predicted molar refractivity (Wildman–Crippen MR) is 66.8 cm³/mol. The van der Waals surface area contributed by atoms with E-state index in [1.165, 1.54) is 12.8 Å². The molecule has 0 aromatic heterocycles. The van der Waals surface area contributed by atoms with Crippen LogP contribution in [0.4, 0.5) is 0 Å². The quantitative estimate of drug-likeness (QED) is 0.770. The standard InChI is InChI=1S/C13H25NO3/c1-4-13(2,17-3)12(16)14(9-10-15)11-7-5-6-8-11/h11,15H,4-10H2,1-3H3. The topological polar surface area (TPSA) is 49.8 Å². The summed E-state index contributed by atoms with van der Waals surface area (Å²) >= 11 is 0. The third-order valence-electron chi connectivity index (χ3n) is 3.94. The Bertz CT molecular complexity index is 245. The van der Waals surface area contributed by atoms with Crippen molar-refractivity contribution in [2.45, 2.75) is 57.6 Å². The van der Waals surface area contributed by atoms with Crippen LogP contribution in [0.2, 0.25) is 0 Å². The second-order valence-electron chi connectivity index (χ2n) is 4.95. The van der Waals surface area contributed by atoms with E-state index in [1.54, 1.807) is 7.11 Å². The van der Waals surface area contributed by atoms with Crippen LogP contribution in [0.15, 0.2) is 0 Å². The average Bonchev–Trinajstić information content (AvgIpc) is 2.87. The molecular weight excluding hydrogens is 218 g/mol. The average molecular weight is 243 g/mol. The zero-order valence-corrected chi connectivity index (χ0v) is 11.2. The molecule has 0 spiro atoms. The molecule has 0 bridgehead atoms. The molecule has 1 atom stereocenters. The number of amides is 1. The number of hydrogen-bond acceptors (Lipinski definition) is 3. The van der Waals surface area contributed by atoms with Crippen LogP contribution in [0.1, 0.15) is 46.0 Å². The van der Waals surface area contributed by atoms with Gasteiger partial charge >= 0.3 is 0 Å². The molecule has 0 aromatic rings. The highest BCUT2D eigenvalue weighted by Crippen LogP contribution is 2.27. The van der Waals surface area contributed by atoms with Gasteiger partial charge in [0, 0.05) is 19.7 Å². The number of aliphatic hydroxyl groups excluding tert-OH is 1. The van der Waals surface area contributed by atoms with Gasteiger partial charge in [-0.2, -0.15) is 0 Å². The molecule has 0 saturated heterocycles. The minimum absolute atomic E-state index is 0.0171. The van der Waals surface area contributed by atoms with Crippen molar-refractivity contribution in [1.29, 1.82) is 0 Å². The molecule has 1 saturated carbocycles. The van der Waals surface area contributed by atoms with Crippen molar-refractivity contribution in [2.75, 3.05) is 20.3 Å². The fraction of sp³-hybridized carbons (Fsp3) is 0.923. The summed E-state index contributed by atoms with van der Waals surface area (Å²) in [4.78, 5) is 14.3. The largest absolute Gasteiger partial charge is 0.395 e. The number of nitrogens with zero attached hydrogens (tertiary/aromatic N) is 1. The van der Waals surface area contributed by atoms with Gasteiger partial charge in [-0.15, -0.1) is 0 Å². The molecule has 0 aliphatic heterocycles. The highest BCUT2D eigenvalue weighted by atomic mass is 16.5. The normalized spacial score (nSPS) is 20.2. The Hall–Kier alpha value is -0.610. The summed E-state index contributed by atoms with van der Waals surface area (Å²) in [5.74, 6) is 0.0171. The smallest absolute Gasteiger partial charge is 0.254 e. The van der Waals surface area contributed by atoms with Gasteiger partial charge in [0.2, 0.25) is 0 Å². The number of rotatable bonds is 6. The maximum atomic E-state index is 12.5. The predicted octanol–water partition coefficient (Wildman–Crippen LogP) is 1.56. The Morgan fingerprint density at radius 1 is 1.47 bits per heavy atom. The Balaban J connectivity index is 2.78. The van der Waals surface area contributed by atoms with Gasteiger partial charge in [0.15, 0.2) is 0 Å². The number of ether oxygens (including phenoxy) is 1. The molecule has 100 valence electrons. The van der Waals surface area contributed by atoms with E-state index >= 15 is 0 Å². The van der Waals surface area contributed by atoms with E-state index in [-0.39, 0.29) is 18.6 Å². The first-order chi connectivity index (χ1) is 8.09. The summed E-state index contributed by atoms with van der Waals surface area (Å²) in [6.07, 6.45) is 5.10. The summed E-state index contributed by atoms with van der Waals surface area (Å²) in [6, 6.07) is 0.288. The zero-order chi connectivity index (χ0) is 12.9. The molecule has 0 heterocycles. The molecule has 17 heavy (non-hydrogen) atoms. The first kappa shape index (κ1) is 14.5. The first-order valence-electron chi connectivity index (χ1n) is 6.56. The lowest BCUT2D eigenvalue weighted by atomic mass is 10.00. The number of hydrogen-bond donors (Lipinski definition) is 1. The van der Waals surface area contributed by atoms with Crippen molar-refractivity contribution < 1.29 is 14.6 Å². The lowest BCUT2D eigenvalue weighted by molar-refractivity contribution is -0.156. The molecule has 1 aliphatic rings. The third-order valence-corrected chi connectivity index (χ3v) is 3.94. The molecule has 1 aliphatic carbocycles. The summed E-state index contributed by atoms with van der Waals surface area (Å²) in [5, 5.41) is 9.12. The summed E-state index contributed by atoms with van der Waals surface area (Å²) in [6.45, 7) is 4.22. The summed E-state index contributed by atoms with van der Waals surface area (Å²) in [7, 11) is 1.58. The number of aliphatic hydroxyl groups is 1. The number of carbonyl (C=O) groups excluding carboxylic acids is 1. The van der Waals surface area contributed by atoms with E-state index in [0.29, 0.717) is 13.0 Å². The Morgan fingerprint density at radius 2 is 2.06 bits per heavy atom. The first-order valence-corrected chi connectivity index (χ1v) is 6.56. The minimum Gasteiger partial charge on any atom is -0.395 e. The van der Waals surface area contributed by atoms with Crippen molar-refractivity contribution in [1.82, 2.24) is 4.90 Å². The van der Waals surface area contributed by atoms with Crippen LogP contribution in [0.3, 0.4) is 0 Å². The fourth-order valence-electron chi connectivity index (χ4n) is 2.46. The summed E-state index contributed by atoms with van der Waals surface area (Å²) in [5.41, 5.74) is -0.752. The van der Waals surface area contributed by atoms with Gasteiger partial charge < -0.3 is 14.7 Å². The molecule has 1 amide bonds. The van der Waals surface area contributed by atoms with Crippen molar-refractivity contribution in [2.24, 2.45) is 0 Å². The van der Waals surface area contributed by atoms with Crippen molar-refractivity contribution in [3.63, 3.8) is 0 Å². The van der Waals surface area contributed by atoms with E-state index in [4.69, 9.17) is 9.84 Å². The van der Waals surface area contributed by atoms with E-state index in [9.17, 15) is 4.79 Å². The van der Waals surface area contributed by atoms with E-state index < -0.39 is 5.60 Å². The van der Waals surface area contributed by atoms with Gasteiger partial charge in [-0.25, -0.2) is 0 Å². The van der Waals surface area contributed by atoms with Crippen LogP contribution in [0.5, 0.6) is 0 Å². The fourth-order valence-corrected chi connectivity index (χ4v) is 2.46. The highest BCUT2D eigenvalue weighted by molar-refractivity contribution is 5.85. The number of carbonyl (C=O) groups is 1. The molecule has 4 nitrogen and oxygen atoms in total. The van der Waals surface area contributed by atoms with Crippen molar-refractivity contribution in [3.05, 3.63) is 0 Å². The molecule has 1 rings (SSSR count). The van der Waals surface area contributed by atoms with Gasteiger partial charge in [0.05, 0.1) is 6.61 Å². The minimum atomic E-state index is -0.752. The van der Waals surface area contributed by atoms with Gasteiger partial charge in [0.1, 0.15) is 5.60 Å². The SMILES string of the molecule is CCC(C)(OC)C(=O)N(CCO)C1CCCC1. The second-order valence-corrected chi connectivity index (χ2v) is 4.95. The van der Waals surface area contributed by atoms with E-state index in [2.05, 4.69) is 0 Å². The van der Waals surface area contributed by atoms with Crippen LogP contribution in [0, 0.1) is 0 Å². The molecule has 0 aromatic carbocycles. The van der Waals surface area contributed by atoms with Gasteiger partial charge in [0.25, 0.3) is 5.91 Å². The monoisotopic (exact) mass is 243 g/mol. The Labute approximate surface area is 104 Å². The van der Waals surface area contributed by atoms with Crippen LogP contribution in [-0.4, -0.2) is 47.8 Å². The molecule has 0 radical (unpaired) electrons. The molecule has 4 heteroatoms. The second kappa shape index (κ2) is 6.36. The Kier molecular flexibility index (Phi) is 5.40. The third kappa shape index (κ3) is 3.19. The highest BCUT2D eigenvalue weighted by Gasteiger charge is 2.38. The van der Waals surface area contributed by atoms with Crippen LogP contribution >= 0.6 is 0 Å². The maximum absolute atomic E-state index is 12.5. The molecule has 1 N–H and O–H groups in total. The molecule has 1 unspecified atom stereocenters. The van der Waals surface area contributed by atoms with Crippen molar-refractivity contribution >= 4 is 5.91 Å². The van der Waals surface area contributed by atoms with Gasteiger partial charge in [-0.1, -0.05) is 19.8 Å². The van der Waals surface area contributed by atoms with E-state index in [0.717, 1.165) is 12.8 Å². The zero-order valence-electron chi connectivity index (χ0n) is 11.2. The van der Waals surface area contributed by atoms with E-state index in [1.807, 2.05) is 18.7 Å². The van der Waals surface area contributed by atoms with Crippen LogP contribution < -0.4 is 0 Å². The van der Waals surface area contributed by atoms with Crippen LogP contribution in [-0.2, 0) is 9.53 Å². The Morgan fingerprint density at radius 3 is 2.47 bits per heavy atom. The van der Waals surface area contributed by atoms with Gasteiger partial charge in [-0.3, -0.25) is 4.79 Å². The van der Waals surface area contributed by atoms with Crippen molar-refractivity contribution in [3.8, 4) is 0 Å². The maximum Gasteiger partial charge on any atom is 0.254 e. The lowest BCUT2D eigenvalue weighted by Crippen LogP contribution is -2.52. The lowest BCUT2D eigenvalue weighted by Gasteiger charge is -2.36. The number of methoxy groups -OCH3 is 1. The van der Waals surface area contributed by atoms with Gasteiger partial charge in [-0.05, 0) is 26.2 Å². The summed E-state index contributed by atoms with van der Waals surface area (Å²) < 4.78 is 5.36.